The Hall–Kier alpha value is -0.340. The van der Waals surface area contributed by atoms with E-state index in [-0.39, 0.29) is 24.0 Å². The predicted octanol–water partition coefficient (Wildman–Crippen LogP) is 1.60. The first-order chi connectivity index (χ1) is 9.70. The number of aliphatic imine (C=N–C) groups is 1. The van der Waals surface area contributed by atoms with Crippen LogP contribution >= 0.6 is 24.0 Å². The van der Waals surface area contributed by atoms with Gasteiger partial charge in [0.15, 0.2) is 5.96 Å². The predicted molar refractivity (Wildman–Crippen MR) is 98.5 cm³/mol. The molecule has 2 rings (SSSR count). The lowest BCUT2D eigenvalue weighted by molar-refractivity contribution is -0.0174. The molecule has 1 aliphatic heterocycles. The monoisotopic (exact) mass is 408 g/mol. The average Bonchev–Trinajstić information content (AvgIpc) is 2.96. The fourth-order valence-electron chi connectivity index (χ4n) is 2.88. The standard InChI is InChI=1S/C15H28N4O.HI/c1-12(19-8-9-20-11-13(19)2)10-17-15(16-3)18-14-6-4-5-7-14;/h4-5,12-14H,6-11H2,1-3H3,(H2,16,17,18);1H. The molecule has 0 amide bonds. The van der Waals surface area contributed by atoms with Crippen LogP contribution in [0.2, 0.25) is 0 Å². The van der Waals surface area contributed by atoms with Crippen molar-refractivity contribution >= 4 is 29.9 Å². The summed E-state index contributed by atoms with van der Waals surface area (Å²) < 4.78 is 5.49. The van der Waals surface area contributed by atoms with E-state index >= 15 is 0 Å². The number of halogens is 1. The van der Waals surface area contributed by atoms with Crippen LogP contribution in [0.4, 0.5) is 0 Å². The van der Waals surface area contributed by atoms with Gasteiger partial charge in [0.25, 0.3) is 0 Å². The Morgan fingerprint density at radius 2 is 2.14 bits per heavy atom. The minimum absolute atomic E-state index is 0. The van der Waals surface area contributed by atoms with Crippen LogP contribution in [0.15, 0.2) is 17.1 Å². The molecule has 0 aromatic rings. The lowest BCUT2D eigenvalue weighted by Crippen LogP contribution is -2.53. The van der Waals surface area contributed by atoms with Crippen LogP contribution in [0.5, 0.6) is 0 Å². The molecular formula is C15H29IN4O. The second-order valence-electron chi connectivity index (χ2n) is 5.75. The summed E-state index contributed by atoms with van der Waals surface area (Å²) in [6.07, 6.45) is 6.64. The number of guanidine groups is 1. The van der Waals surface area contributed by atoms with Crippen LogP contribution in [0, 0.1) is 0 Å². The van der Waals surface area contributed by atoms with E-state index in [1.165, 1.54) is 0 Å². The molecule has 1 fully saturated rings. The number of rotatable bonds is 4. The molecule has 1 heterocycles. The summed E-state index contributed by atoms with van der Waals surface area (Å²) in [5, 5.41) is 6.91. The first-order valence-electron chi connectivity index (χ1n) is 7.66. The molecule has 2 unspecified atom stereocenters. The summed E-state index contributed by atoms with van der Waals surface area (Å²) in [7, 11) is 1.83. The Balaban J connectivity index is 0.00000220. The average molecular weight is 408 g/mol. The molecule has 21 heavy (non-hydrogen) atoms. The van der Waals surface area contributed by atoms with Gasteiger partial charge in [-0.15, -0.1) is 24.0 Å². The van der Waals surface area contributed by atoms with Crippen molar-refractivity contribution in [2.75, 3.05) is 33.4 Å². The van der Waals surface area contributed by atoms with Crippen molar-refractivity contribution in [3.63, 3.8) is 0 Å². The molecule has 5 nitrogen and oxygen atoms in total. The van der Waals surface area contributed by atoms with Crippen molar-refractivity contribution in [1.29, 1.82) is 0 Å². The number of morpholine rings is 1. The molecule has 2 N–H and O–H groups in total. The zero-order valence-electron chi connectivity index (χ0n) is 13.3. The summed E-state index contributed by atoms with van der Waals surface area (Å²) in [5.74, 6) is 0.909. The minimum atomic E-state index is 0. The lowest BCUT2D eigenvalue weighted by atomic mass is 10.2. The molecule has 1 aliphatic carbocycles. The Kier molecular flexibility index (Phi) is 8.58. The van der Waals surface area contributed by atoms with Crippen LogP contribution < -0.4 is 10.6 Å². The second-order valence-corrected chi connectivity index (χ2v) is 5.75. The minimum Gasteiger partial charge on any atom is -0.379 e. The highest BCUT2D eigenvalue weighted by atomic mass is 127. The highest BCUT2D eigenvalue weighted by molar-refractivity contribution is 14.0. The van der Waals surface area contributed by atoms with Crippen LogP contribution in [-0.4, -0.2) is 62.3 Å². The van der Waals surface area contributed by atoms with Gasteiger partial charge in [0, 0.05) is 38.3 Å². The van der Waals surface area contributed by atoms with Gasteiger partial charge in [0.2, 0.25) is 0 Å². The first kappa shape index (κ1) is 18.7. The van der Waals surface area contributed by atoms with E-state index in [2.05, 4.69) is 46.5 Å². The van der Waals surface area contributed by atoms with Gasteiger partial charge in [-0.1, -0.05) is 12.2 Å². The van der Waals surface area contributed by atoms with E-state index < -0.39 is 0 Å². The summed E-state index contributed by atoms with van der Waals surface area (Å²) in [6.45, 7) is 8.10. The molecule has 2 aliphatic rings. The van der Waals surface area contributed by atoms with Gasteiger partial charge in [-0.25, -0.2) is 0 Å². The van der Waals surface area contributed by atoms with Crippen LogP contribution in [-0.2, 0) is 4.74 Å². The molecule has 6 heteroatoms. The molecule has 0 radical (unpaired) electrons. The Labute approximate surface area is 145 Å². The van der Waals surface area contributed by atoms with Gasteiger partial charge in [-0.2, -0.15) is 0 Å². The molecule has 0 aromatic carbocycles. The van der Waals surface area contributed by atoms with Gasteiger partial charge in [0.1, 0.15) is 0 Å². The fourth-order valence-corrected chi connectivity index (χ4v) is 2.88. The normalized spacial score (nSPS) is 25.5. The van der Waals surface area contributed by atoms with Crippen molar-refractivity contribution < 1.29 is 4.74 Å². The van der Waals surface area contributed by atoms with Gasteiger partial charge >= 0.3 is 0 Å². The highest BCUT2D eigenvalue weighted by Crippen LogP contribution is 2.10. The van der Waals surface area contributed by atoms with E-state index in [0.717, 1.165) is 45.1 Å². The van der Waals surface area contributed by atoms with E-state index in [9.17, 15) is 0 Å². The van der Waals surface area contributed by atoms with Crippen molar-refractivity contribution in [2.45, 2.75) is 44.8 Å². The summed E-state index contributed by atoms with van der Waals surface area (Å²) >= 11 is 0. The van der Waals surface area contributed by atoms with Crippen molar-refractivity contribution in [1.82, 2.24) is 15.5 Å². The number of hydrogen-bond donors (Lipinski definition) is 2. The topological polar surface area (TPSA) is 48.9 Å². The smallest absolute Gasteiger partial charge is 0.191 e. The van der Waals surface area contributed by atoms with Crippen molar-refractivity contribution in [3.8, 4) is 0 Å². The van der Waals surface area contributed by atoms with Gasteiger partial charge < -0.3 is 15.4 Å². The molecule has 2 atom stereocenters. The van der Waals surface area contributed by atoms with E-state index in [0.29, 0.717) is 18.1 Å². The maximum absolute atomic E-state index is 5.49. The summed E-state index contributed by atoms with van der Waals surface area (Å²) in [4.78, 5) is 6.81. The third-order valence-electron chi connectivity index (χ3n) is 4.12. The fraction of sp³-hybridized carbons (Fsp3) is 0.800. The van der Waals surface area contributed by atoms with Gasteiger partial charge in [-0.05, 0) is 26.7 Å². The maximum Gasteiger partial charge on any atom is 0.191 e. The second kappa shape index (κ2) is 9.63. The Morgan fingerprint density at radius 3 is 2.76 bits per heavy atom. The number of hydrogen-bond acceptors (Lipinski definition) is 3. The van der Waals surface area contributed by atoms with E-state index in [1.807, 2.05) is 7.05 Å². The molecule has 0 aromatic heterocycles. The highest BCUT2D eigenvalue weighted by Gasteiger charge is 2.23. The number of nitrogens with one attached hydrogen (secondary N) is 2. The molecule has 0 spiro atoms. The summed E-state index contributed by atoms with van der Waals surface area (Å²) in [6, 6.07) is 1.47. The number of ether oxygens (including phenoxy) is 1. The van der Waals surface area contributed by atoms with Crippen LogP contribution in [0.3, 0.4) is 0 Å². The van der Waals surface area contributed by atoms with E-state index in [1.54, 1.807) is 0 Å². The largest absolute Gasteiger partial charge is 0.379 e. The van der Waals surface area contributed by atoms with E-state index in [4.69, 9.17) is 4.74 Å². The SMILES string of the molecule is CN=C(NCC(C)N1CCOCC1C)NC1CC=CC1.I. The number of nitrogens with zero attached hydrogens (tertiary/aromatic N) is 2. The zero-order valence-corrected chi connectivity index (χ0v) is 15.7. The van der Waals surface area contributed by atoms with Crippen LogP contribution in [0.25, 0.3) is 0 Å². The molecule has 0 bridgehead atoms. The zero-order chi connectivity index (χ0) is 14.4. The molecule has 0 saturated carbocycles. The maximum atomic E-state index is 5.49. The molecule has 122 valence electrons. The van der Waals surface area contributed by atoms with Crippen LogP contribution in [0.1, 0.15) is 26.7 Å². The first-order valence-corrected chi connectivity index (χ1v) is 7.66. The summed E-state index contributed by atoms with van der Waals surface area (Å²) in [5.41, 5.74) is 0. The van der Waals surface area contributed by atoms with Crippen molar-refractivity contribution in [3.05, 3.63) is 12.2 Å². The molecular weight excluding hydrogens is 379 g/mol. The van der Waals surface area contributed by atoms with Gasteiger partial charge in [0.05, 0.1) is 13.2 Å². The van der Waals surface area contributed by atoms with Crippen molar-refractivity contribution in [2.24, 2.45) is 4.99 Å². The Morgan fingerprint density at radius 1 is 1.43 bits per heavy atom. The third kappa shape index (κ3) is 5.75. The Bertz CT molecular complexity index is 354. The lowest BCUT2D eigenvalue weighted by Gasteiger charge is -2.38. The third-order valence-corrected chi connectivity index (χ3v) is 4.12. The molecule has 1 saturated heterocycles. The quantitative estimate of drug-likeness (QED) is 0.321. The van der Waals surface area contributed by atoms with Gasteiger partial charge in [-0.3, -0.25) is 9.89 Å².